The SMILES string of the molecule is CCC(NC)C(C)c1nc(CSc2ccccc2C)no1. The van der Waals surface area contributed by atoms with E-state index in [-0.39, 0.29) is 5.92 Å². The average molecular weight is 305 g/mol. The van der Waals surface area contributed by atoms with Crippen LogP contribution in [0.3, 0.4) is 0 Å². The fraction of sp³-hybridized carbons (Fsp3) is 0.500. The number of nitrogens with one attached hydrogen (secondary N) is 1. The van der Waals surface area contributed by atoms with Crippen LogP contribution in [0.1, 0.15) is 43.5 Å². The molecule has 0 aliphatic carbocycles. The molecule has 0 radical (unpaired) electrons. The van der Waals surface area contributed by atoms with Crippen molar-refractivity contribution in [1.29, 1.82) is 0 Å². The summed E-state index contributed by atoms with van der Waals surface area (Å²) in [5.41, 5.74) is 1.28. The van der Waals surface area contributed by atoms with Gasteiger partial charge in [-0.3, -0.25) is 0 Å². The summed E-state index contributed by atoms with van der Waals surface area (Å²) in [6, 6.07) is 8.71. The summed E-state index contributed by atoms with van der Waals surface area (Å²) < 4.78 is 5.42. The zero-order valence-electron chi connectivity index (χ0n) is 13.1. The molecule has 0 amide bonds. The van der Waals surface area contributed by atoms with Crippen LogP contribution in [-0.2, 0) is 5.75 Å². The lowest BCUT2D eigenvalue weighted by molar-refractivity contribution is 0.324. The summed E-state index contributed by atoms with van der Waals surface area (Å²) in [6.45, 7) is 6.39. The maximum Gasteiger partial charge on any atom is 0.231 e. The van der Waals surface area contributed by atoms with Crippen molar-refractivity contribution < 1.29 is 4.52 Å². The molecule has 0 aliphatic heterocycles. The first-order valence-electron chi connectivity index (χ1n) is 7.33. The van der Waals surface area contributed by atoms with E-state index >= 15 is 0 Å². The topological polar surface area (TPSA) is 51.0 Å². The third-order valence-corrected chi connectivity index (χ3v) is 4.91. The van der Waals surface area contributed by atoms with E-state index in [2.05, 4.69) is 60.5 Å². The van der Waals surface area contributed by atoms with Crippen molar-refractivity contribution in [2.24, 2.45) is 0 Å². The second-order valence-corrected chi connectivity index (χ2v) is 6.21. The predicted octanol–water partition coefficient (Wildman–Crippen LogP) is 3.77. The Labute approximate surface area is 130 Å². The summed E-state index contributed by atoms with van der Waals surface area (Å²) in [5, 5.41) is 7.39. The van der Waals surface area contributed by atoms with Gasteiger partial charge in [-0.1, -0.05) is 37.2 Å². The van der Waals surface area contributed by atoms with Crippen LogP contribution in [0.25, 0.3) is 0 Å². The van der Waals surface area contributed by atoms with Crippen LogP contribution >= 0.6 is 11.8 Å². The lowest BCUT2D eigenvalue weighted by Gasteiger charge is -2.18. The summed E-state index contributed by atoms with van der Waals surface area (Å²) in [6.07, 6.45) is 1.04. The maximum atomic E-state index is 5.42. The van der Waals surface area contributed by atoms with Gasteiger partial charge in [-0.2, -0.15) is 4.98 Å². The number of hydrogen-bond donors (Lipinski definition) is 1. The number of nitrogens with zero attached hydrogens (tertiary/aromatic N) is 2. The van der Waals surface area contributed by atoms with Gasteiger partial charge in [-0.25, -0.2) is 0 Å². The van der Waals surface area contributed by atoms with Crippen molar-refractivity contribution in [1.82, 2.24) is 15.5 Å². The van der Waals surface area contributed by atoms with Gasteiger partial charge in [0.15, 0.2) is 5.82 Å². The molecular formula is C16H23N3OS. The number of aryl methyl sites for hydroxylation is 1. The highest BCUT2D eigenvalue weighted by Crippen LogP contribution is 2.26. The Bertz CT molecular complexity index is 566. The molecule has 2 unspecified atom stereocenters. The molecule has 0 bridgehead atoms. The lowest BCUT2D eigenvalue weighted by Crippen LogP contribution is -2.30. The molecule has 5 heteroatoms. The van der Waals surface area contributed by atoms with E-state index in [1.807, 2.05) is 7.05 Å². The predicted molar refractivity (Wildman–Crippen MR) is 86.6 cm³/mol. The molecule has 21 heavy (non-hydrogen) atoms. The lowest BCUT2D eigenvalue weighted by atomic mass is 10.00. The normalized spacial score (nSPS) is 14.1. The van der Waals surface area contributed by atoms with Crippen LogP contribution in [0.5, 0.6) is 0 Å². The number of aromatic nitrogens is 2. The fourth-order valence-corrected chi connectivity index (χ4v) is 3.22. The molecule has 1 N–H and O–H groups in total. The van der Waals surface area contributed by atoms with Crippen LogP contribution in [0.15, 0.2) is 33.7 Å². The first-order valence-corrected chi connectivity index (χ1v) is 8.32. The van der Waals surface area contributed by atoms with E-state index in [1.54, 1.807) is 11.8 Å². The molecule has 4 nitrogen and oxygen atoms in total. The summed E-state index contributed by atoms with van der Waals surface area (Å²) in [7, 11) is 1.97. The molecule has 0 aliphatic rings. The standard InChI is InChI=1S/C16H23N3OS/c1-5-13(17-4)12(3)16-18-15(19-20-16)10-21-14-9-7-6-8-11(14)2/h6-9,12-13,17H,5,10H2,1-4H3. The summed E-state index contributed by atoms with van der Waals surface area (Å²) in [4.78, 5) is 5.80. The summed E-state index contributed by atoms with van der Waals surface area (Å²) >= 11 is 1.74. The van der Waals surface area contributed by atoms with E-state index in [0.717, 1.165) is 23.9 Å². The first kappa shape index (κ1) is 16.0. The third kappa shape index (κ3) is 4.08. The minimum atomic E-state index is 0.227. The fourth-order valence-electron chi connectivity index (χ4n) is 2.35. The Balaban J connectivity index is 1.99. The smallest absolute Gasteiger partial charge is 0.231 e. The molecule has 114 valence electrons. The molecule has 2 atom stereocenters. The monoisotopic (exact) mass is 305 g/mol. The van der Waals surface area contributed by atoms with E-state index in [1.165, 1.54) is 10.5 Å². The van der Waals surface area contributed by atoms with Crippen LogP contribution < -0.4 is 5.32 Å². The molecule has 0 saturated heterocycles. The Kier molecular flexibility index (Phi) is 5.82. The Morgan fingerprint density at radius 2 is 2.10 bits per heavy atom. The van der Waals surface area contributed by atoms with Crippen molar-refractivity contribution in [2.75, 3.05) is 7.05 Å². The van der Waals surface area contributed by atoms with Crippen LogP contribution in [0, 0.1) is 6.92 Å². The van der Waals surface area contributed by atoms with Gasteiger partial charge >= 0.3 is 0 Å². The molecule has 0 spiro atoms. The van der Waals surface area contributed by atoms with Gasteiger partial charge in [-0.05, 0) is 32.0 Å². The number of benzene rings is 1. The van der Waals surface area contributed by atoms with Gasteiger partial charge < -0.3 is 9.84 Å². The summed E-state index contributed by atoms with van der Waals surface area (Å²) in [5.74, 6) is 2.44. The number of hydrogen-bond acceptors (Lipinski definition) is 5. The highest BCUT2D eigenvalue weighted by atomic mass is 32.2. The van der Waals surface area contributed by atoms with Gasteiger partial charge in [0.25, 0.3) is 0 Å². The highest BCUT2D eigenvalue weighted by molar-refractivity contribution is 7.98. The molecule has 0 fully saturated rings. The quantitative estimate of drug-likeness (QED) is 0.789. The van der Waals surface area contributed by atoms with Crippen molar-refractivity contribution in [3.63, 3.8) is 0 Å². The van der Waals surface area contributed by atoms with Crippen LogP contribution in [0.4, 0.5) is 0 Å². The van der Waals surface area contributed by atoms with Gasteiger partial charge in [0.1, 0.15) is 0 Å². The number of thioether (sulfide) groups is 1. The number of likely N-dealkylation sites (N-methyl/N-ethyl adjacent to an activating group) is 1. The minimum Gasteiger partial charge on any atom is -0.339 e. The van der Waals surface area contributed by atoms with E-state index < -0.39 is 0 Å². The molecular weight excluding hydrogens is 282 g/mol. The second-order valence-electron chi connectivity index (χ2n) is 5.20. The van der Waals surface area contributed by atoms with Gasteiger partial charge in [0, 0.05) is 10.9 Å². The van der Waals surface area contributed by atoms with E-state index in [0.29, 0.717) is 6.04 Å². The third-order valence-electron chi connectivity index (χ3n) is 3.74. The molecule has 1 aromatic heterocycles. The van der Waals surface area contributed by atoms with E-state index in [4.69, 9.17) is 4.52 Å². The molecule has 2 aromatic rings. The molecule has 0 saturated carbocycles. The Morgan fingerprint density at radius 3 is 2.76 bits per heavy atom. The highest BCUT2D eigenvalue weighted by Gasteiger charge is 2.21. The molecule has 2 rings (SSSR count). The molecule has 1 aromatic carbocycles. The maximum absolute atomic E-state index is 5.42. The minimum absolute atomic E-state index is 0.227. The second kappa shape index (κ2) is 7.61. The van der Waals surface area contributed by atoms with E-state index in [9.17, 15) is 0 Å². The average Bonchev–Trinajstić information content (AvgIpc) is 2.96. The zero-order chi connectivity index (χ0) is 15.2. The Hall–Kier alpha value is -1.33. The van der Waals surface area contributed by atoms with Crippen molar-refractivity contribution in [3.8, 4) is 0 Å². The van der Waals surface area contributed by atoms with Gasteiger partial charge in [0.05, 0.1) is 11.7 Å². The molecule has 1 heterocycles. The van der Waals surface area contributed by atoms with Crippen LogP contribution in [0.2, 0.25) is 0 Å². The van der Waals surface area contributed by atoms with Gasteiger partial charge in [0.2, 0.25) is 5.89 Å². The number of rotatable bonds is 7. The zero-order valence-corrected chi connectivity index (χ0v) is 13.9. The van der Waals surface area contributed by atoms with Crippen molar-refractivity contribution in [2.45, 2.75) is 49.8 Å². The van der Waals surface area contributed by atoms with Gasteiger partial charge in [-0.15, -0.1) is 11.8 Å². The van der Waals surface area contributed by atoms with Crippen molar-refractivity contribution in [3.05, 3.63) is 41.5 Å². The first-order chi connectivity index (χ1) is 10.2. The van der Waals surface area contributed by atoms with Crippen LogP contribution in [-0.4, -0.2) is 23.2 Å². The van der Waals surface area contributed by atoms with Crippen molar-refractivity contribution >= 4 is 11.8 Å². The Morgan fingerprint density at radius 1 is 1.33 bits per heavy atom. The largest absolute Gasteiger partial charge is 0.339 e.